The SMILES string of the molecule is CNC(=O)C(C)NS(=O)(=O)CC(N)=S. The molecule has 0 bridgehead atoms. The lowest BCUT2D eigenvalue weighted by Gasteiger charge is -2.11. The Bertz CT molecular complexity index is 325. The maximum atomic E-state index is 11.2. The molecule has 4 N–H and O–H groups in total. The van der Waals surface area contributed by atoms with E-state index in [0.29, 0.717) is 0 Å². The predicted molar refractivity (Wildman–Crippen MR) is 57.2 cm³/mol. The molecular formula is C6H13N3O3S2. The van der Waals surface area contributed by atoms with Crippen molar-refractivity contribution >= 4 is 33.1 Å². The van der Waals surface area contributed by atoms with Crippen LogP contribution in [0.15, 0.2) is 0 Å². The van der Waals surface area contributed by atoms with Gasteiger partial charge in [-0.25, -0.2) is 13.1 Å². The number of carbonyl (C=O) groups is 1. The van der Waals surface area contributed by atoms with Gasteiger partial charge >= 0.3 is 0 Å². The second kappa shape index (κ2) is 5.23. The summed E-state index contributed by atoms with van der Waals surface area (Å²) in [7, 11) is -2.19. The second-order valence-corrected chi connectivity index (χ2v) is 4.96. The number of thiocarbonyl (C=S) groups is 1. The largest absolute Gasteiger partial charge is 0.392 e. The number of nitrogens with one attached hydrogen (secondary N) is 2. The number of amides is 1. The van der Waals surface area contributed by atoms with Crippen LogP contribution in [0.2, 0.25) is 0 Å². The highest BCUT2D eigenvalue weighted by atomic mass is 32.2. The average molecular weight is 239 g/mol. The van der Waals surface area contributed by atoms with Crippen LogP contribution < -0.4 is 15.8 Å². The molecule has 1 atom stereocenters. The van der Waals surface area contributed by atoms with Crippen molar-refractivity contribution in [3.8, 4) is 0 Å². The van der Waals surface area contributed by atoms with Crippen LogP contribution in [0, 0.1) is 0 Å². The summed E-state index contributed by atoms with van der Waals surface area (Å²) >= 11 is 4.45. The van der Waals surface area contributed by atoms with Gasteiger partial charge in [0.2, 0.25) is 15.9 Å². The molecule has 0 heterocycles. The Morgan fingerprint density at radius 1 is 1.57 bits per heavy atom. The van der Waals surface area contributed by atoms with Crippen LogP contribution in [0.25, 0.3) is 0 Å². The third kappa shape index (κ3) is 5.10. The molecular weight excluding hydrogens is 226 g/mol. The van der Waals surface area contributed by atoms with E-state index in [2.05, 4.69) is 22.3 Å². The van der Waals surface area contributed by atoms with Gasteiger partial charge in [-0.15, -0.1) is 0 Å². The summed E-state index contributed by atoms with van der Waals surface area (Å²) in [6, 6.07) is -0.834. The minimum atomic E-state index is -3.61. The van der Waals surface area contributed by atoms with Gasteiger partial charge < -0.3 is 11.1 Å². The first-order chi connectivity index (χ1) is 6.28. The van der Waals surface area contributed by atoms with E-state index in [1.807, 2.05) is 0 Å². The van der Waals surface area contributed by atoms with Crippen LogP contribution in [0.1, 0.15) is 6.92 Å². The number of rotatable bonds is 5. The smallest absolute Gasteiger partial charge is 0.237 e. The monoisotopic (exact) mass is 239 g/mol. The minimum absolute atomic E-state index is 0.137. The Labute approximate surface area is 88.3 Å². The molecule has 1 unspecified atom stereocenters. The molecule has 1 amide bonds. The van der Waals surface area contributed by atoms with Crippen molar-refractivity contribution in [1.82, 2.24) is 10.0 Å². The van der Waals surface area contributed by atoms with Gasteiger partial charge in [0.1, 0.15) is 5.75 Å². The van der Waals surface area contributed by atoms with E-state index >= 15 is 0 Å². The standard InChI is InChI=1S/C6H13N3O3S2/c1-4(6(10)8-2)9-14(11,12)3-5(7)13/h4,9H,3H2,1-2H3,(H2,7,13)(H,8,10). The lowest BCUT2D eigenvalue weighted by molar-refractivity contribution is -0.121. The summed E-state index contributed by atoms with van der Waals surface area (Å²) < 4.78 is 24.6. The number of nitrogens with two attached hydrogens (primary N) is 1. The maximum absolute atomic E-state index is 11.2. The van der Waals surface area contributed by atoms with Gasteiger partial charge in [-0.1, -0.05) is 12.2 Å². The van der Waals surface area contributed by atoms with E-state index in [0.717, 1.165) is 0 Å². The highest BCUT2D eigenvalue weighted by molar-refractivity contribution is 7.92. The van der Waals surface area contributed by atoms with Gasteiger partial charge in [0.25, 0.3) is 0 Å². The Balaban J connectivity index is 4.37. The third-order valence-corrected chi connectivity index (χ3v) is 3.06. The van der Waals surface area contributed by atoms with Gasteiger partial charge in [0.05, 0.1) is 11.0 Å². The molecule has 82 valence electrons. The summed E-state index contributed by atoms with van der Waals surface area (Å²) in [4.78, 5) is 10.8. The summed E-state index contributed by atoms with van der Waals surface area (Å²) in [6.45, 7) is 1.43. The van der Waals surface area contributed by atoms with Crippen molar-refractivity contribution in [3.05, 3.63) is 0 Å². The summed E-state index contributed by atoms with van der Waals surface area (Å²) in [5.41, 5.74) is 5.07. The van der Waals surface area contributed by atoms with Crippen LogP contribution in [-0.2, 0) is 14.8 Å². The number of hydrogen-bond donors (Lipinski definition) is 3. The Morgan fingerprint density at radius 3 is 2.43 bits per heavy atom. The topological polar surface area (TPSA) is 101 Å². The van der Waals surface area contributed by atoms with E-state index in [-0.39, 0.29) is 4.99 Å². The second-order valence-electron chi connectivity index (χ2n) is 2.68. The maximum Gasteiger partial charge on any atom is 0.237 e. The molecule has 0 aromatic heterocycles. The minimum Gasteiger partial charge on any atom is -0.392 e. The van der Waals surface area contributed by atoms with Gasteiger partial charge in [0.15, 0.2) is 0 Å². The lowest BCUT2D eigenvalue weighted by atomic mass is 10.3. The molecule has 0 rings (SSSR count). The molecule has 0 aliphatic carbocycles. The molecule has 0 saturated carbocycles. The van der Waals surface area contributed by atoms with Crippen molar-refractivity contribution in [2.24, 2.45) is 5.73 Å². The molecule has 0 fully saturated rings. The van der Waals surface area contributed by atoms with E-state index in [9.17, 15) is 13.2 Å². The average Bonchev–Trinajstić information content (AvgIpc) is 1.99. The quantitative estimate of drug-likeness (QED) is 0.498. The molecule has 6 nitrogen and oxygen atoms in total. The molecule has 0 aromatic carbocycles. The van der Waals surface area contributed by atoms with Gasteiger partial charge in [0, 0.05) is 7.05 Å². The first-order valence-corrected chi connectivity index (χ1v) is 5.84. The summed E-state index contributed by atoms with van der Waals surface area (Å²) in [6.07, 6.45) is 0. The molecule has 0 aliphatic heterocycles. The molecule has 14 heavy (non-hydrogen) atoms. The zero-order chi connectivity index (χ0) is 11.4. The van der Waals surface area contributed by atoms with Crippen LogP contribution >= 0.6 is 12.2 Å². The van der Waals surface area contributed by atoms with Gasteiger partial charge in [-0.3, -0.25) is 4.79 Å². The van der Waals surface area contributed by atoms with Crippen LogP contribution in [0.5, 0.6) is 0 Å². The van der Waals surface area contributed by atoms with Gasteiger partial charge in [-0.05, 0) is 6.92 Å². The molecule has 0 saturated heterocycles. The summed E-state index contributed by atoms with van der Waals surface area (Å²) in [5, 5.41) is 2.31. The van der Waals surface area contributed by atoms with Crippen LogP contribution in [0.4, 0.5) is 0 Å². The van der Waals surface area contributed by atoms with Gasteiger partial charge in [-0.2, -0.15) is 0 Å². The fourth-order valence-corrected chi connectivity index (χ4v) is 2.34. The molecule has 0 radical (unpaired) electrons. The normalized spacial score (nSPS) is 13.3. The van der Waals surface area contributed by atoms with Crippen molar-refractivity contribution in [3.63, 3.8) is 0 Å². The Kier molecular flexibility index (Phi) is 4.95. The fourth-order valence-electron chi connectivity index (χ4n) is 0.768. The predicted octanol–water partition coefficient (Wildman–Crippen LogP) is -1.67. The number of carbonyl (C=O) groups excluding carboxylic acids is 1. The molecule has 0 spiro atoms. The highest BCUT2D eigenvalue weighted by Gasteiger charge is 2.19. The van der Waals surface area contributed by atoms with E-state index in [4.69, 9.17) is 5.73 Å². The van der Waals surface area contributed by atoms with Crippen molar-refractivity contribution in [2.45, 2.75) is 13.0 Å². The molecule has 8 heteroatoms. The first kappa shape index (κ1) is 13.3. The zero-order valence-electron chi connectivity index (χ0n) is 7.90. The highest BCUT2D eigenvalue weighted by Crippen LogP contribution is 1.90. The molecule has 0 aromatic rings. The van der Waals surface area contributed by atoms with Crippen LogP contribution in [-0.4, -0.2) is 38.2 Å². The summed E-state index contributed by atoms with van der Waals surface area (Å²) in [5.74, 6) is -0.875. The number of likely N-dealkylation sites (N-methyl/N-ethyl adjacent to an activating group) is 1. The van der Waals surface area contributed by atoms with Crippen LogP contribution in [0.3, 0.4) is 0 Å². The van der Waals surface area contributed by atoms with E-state index in [1.165, 1.54) is 14.0 Å². The fraction of sp³-hybridized carbons (Fsp3) is 0.667. The van der Waals surface area contributed by atoms with E-state index < -0.39 is 27.7 Å². The number of sulfonamides is 1. The Hall–Kier alpha value is -0.730. The van der Waals surface area contributed by atoms with Crippen molar-refractivity contribution in [2.75, 3.05) is 12.8 Å². The third-order valence-electron chi connectivity index (χ3n) is 1.33. The number of hydrogen-bond acceptors (Lipinski definition) is 4. The van der Waals surface area contributed by atoms with E-state index in [1.54, 1.807) is 0 Å². The Morgan fingerprint density at radius 2 is 2.07 bits per heavy atom. The molecule has 0 aliphatic rings. The van der Waals surface area contributed by atoms with Crippen molar-refractivity contribution < 1.29 is 13.2 Å². The lowest BCUT2D eigenvalue weighted by Crippen LogP contribution is -2.45. The first-order valence-electron chi connectivity index (χ1n) is 3.78. The zero-order valence-corrected chi connectivity index (χ0v) is 9.54. The van der Waals surface area contributed by atoms with Crippen molar-refractivity contribution in [1.29, 1.82) is 0 Å².